The summed E-state index contributed by atoms with van der Waals surface area (Å²) < 4.78 is 0. The Balaban J connectivity index is 0.000000109. The van der Waals surface area contributed by atoms with Gasteiger partial charge in [-0.1, -0.05) is 200 Å². The van der Waals surface area contributed by atoms with E-state index >= 15 is 0 Å². The lowest BCUT2D eigenvalue weighted by Crippen LogP contribution is -2.02. The molecule has 0 radical (unpaired) electrons. The van der Waals surface area contributed by atoms with Crippen molar-refractivity contribution in [2.75, 3.05) is 0 Å². The van der Waals surface area contributed by atoms with Crippen LogP contribution in [0.15, 0.2) is 352 Å². The first-order chi connectivity index (χ1) is 64.3. The summed E-state index contributed by atoms with van der Waals surface area (Å²) in [6.07, 6.45) is 3.73. The Morgan fingerprint density at radius 3 is 0.862 bits per heavy atom. The highest BCUT2D eigenvalue weighted by molar-refractivity contribution is 6.12. The number of hydrogen-bond donors (Lipinski definition) is 0. The van der Waals surface area contributed by atoms with E-state index in [2.05, 4.69) is 300 Å². The maximum absolute atomic E-state index is 5.10. The van der Waals surface area contributed by atoms with Crippen LogP contribution in [0.2, 0.25) is 0 Å². The van der Waals surface area contributed by atoms with Crippen LogP contribution in [0.5, 0.6) is 0 Å². The van der Waals surface area contributed by atoms with Crippen LogP contribution in [-0.2, 0) is 0 Å². The van der Waals surface area contributed by atoms with Gasteiger partial charge < -0.3 is 0 Å². The maximum atomic E-state index is 5.10. The average Bonchev–Trinajstić information content (AvgIpc) is 0.751. The lowest BCUT2D eigenvalue weighted by molar-refractivity contribution is 0.797. The quantitative estimate of drug-likeness (QED) is 0.115. The van der Waals surface area contributed by atoms with Crippen molar-refractivity contribution in [3.63, 3.8) is 0 Å². The lowest BCUT2D eigenvalue weighted by atomic mass is 9.96. The van der Waals surface area contributed by atoms with Crippen LogP contribution in [0, 0.1) is 0 Å². The molecule has 0 aliphatic carbocycles. The molecule has 8 aromatic heterocycles. The van der Waals surface area contributed by atoms with Gasteiger partial charge in [0.25, 0.3) is 0 Å². The smallest absolute Gasteiger partial charge is 0.165 e. The van der Waals surface area contributed by atoms with Gasteiger partial charge in [-0.05, 0) is 284 Å². The first-order valence-corrected chi connectivity index (χ1v) is 41.6. The highest BCUT2D eigenvalue weighted by Crippen LogP contribution is 2.40. The Labute approximate surface area is 734 Å². The molecule has 26 rings (SSSR count). The van der Waals surface area contributed by atoms with E-state index in [9.17, 15) is 0 Å². The molecule has 26 nitrogen and oxygen atoms in total. The summed E-state index contributed by atoms with van der Waals surface area (Å²) in [7, 11) is 0. The second kappa shape index (κ2) is 31.9. The van der Waals surface area contributed by atoms with Crippen molar-refractivity contribution in [2.24, 2.45) is 0 Å². The third kappa shape index (κ3) is 14.4. The van der Waals surface area contributed by atoms with Crippen LogP contribution < -0.4 is 0 Å². The molecule has 0 amide bonds. The fourth-order valence-electron chi connectivity index (χ4n) is 16.8. The number of hydrogen-bond acceptors (Lipinski definition) is 26. The predicted molar refractivity (Wildman–Crippen MR) is 504 cm³/mol. The summed E-state index contributed by atoms with van der Waals surface area (Å²) in [5, 5.41) is 82.4. The second-order valence-electron chi connectivity index (χ2n) is 31.2. The van der Waals surface area contributed by atoms with Gasteiger partial charge in [-0.3, -0.25) is 4.98 Å². The monoisotopic (exact) mass is 1670 g/mol. The number of benzene rings is 18. The van der Waals surface area contributed by atoms with Gasteiger partial charge in [-0.15, -0.1) is 40.8 Å². The molecular formula is C104H58N26. The molecule has 8 heterocycles. The third-order valence-corrected chi connectivity index (χ3v) is 23.2. The molecule has 0 atom stereocenters. The minimum atomic E-state index is 0.483. The van der Waals surface area contributed by atoms with Crippen molar-refractivity contribution in [2.45, 2.75) is 0 Å². The van der Waals surface area contributed by atoms with E-state index < -0.39 is 0 Å². The van der Waals surface area contributed by atoms with Crippen molar-refractivity contribution in [3.05, 3.63) is 352 Å². The summed E-state index contributed by atoms with van der Waals surface area (Å²) in [5.74, 6) is 4.95. The van der Waals surface area contributed by atoms with Crippen LogP contribution >= 0.6 is 0 Å². The molecule has 18 aromatic carbocycles. The molecule has 0 spiro atoms. The molecule has 0 fully saturated rings. The van der Waals surface area contributed by atoms with Crippen molar-refractivity contribution in [1.82, 2.24) is 132 Å². The maximum Gasteiger partial charge on any atom is 0.165 e. The Morgan fingerprint density at radius 2 is 0.423 bits per heavy atom. The van der Waals surface area contributed by atoms with E-state index in [1.807, 2.05) is 140 Å². The number of aromatic nitrogens is 26. The zero-order valence-electron chi connectivity index (χ0n) is 68.1. The van der Waals surface area contributed by atoms with Crippen LogP contribution in [0.3, 0.4) is 0 Å². The second-order valence-corrected chi connectivity index (χ2v) is 31.2. The molecule has 604 valence electrons. The van der Waals surface area contributed by atoms with E-state index in [4.69, 9.17) is 44.9 Å². The number of fused-ring (bicyclic) bond motifs is 13. The summed E-state index contributed by atoms with van der Waals surface area (Å²) in [4.78, 5) is 49.2. The van der Waals surface area contributed by atoms with Gasteiger partial charge in [0.15, 0.2) is 52.4 Å². The molecule has 0 saturated heterocycles. The standard InChI is InChI=1S/C46H28N4.2C29H15N11/c1-3-7-33-24-42-26-39(16-13-36(42)21-31(33)5-1)45-48-44(30-11-9-29(10-12-30)35-15-18-41-28-47-20-19-38(41)23-35)49-46(50-45)40-17-14-37-22-32-6-2-4-8-34(32)25-43(37)27-40;1-3-7-20-16(5-1)13-17-6-2-4-8-21(17)26(20)29-31-27(18-9-11-22-24(14-18)35-39-37-33-22)30-28(32-29)19-10-12-23-25(15-19)36-40-38-34-23;1-2-5-17-13-22-18(12-16(17)4-1)6-3-7-21(22)29-31-27(19-8-10-23-25(14-19)35-39-37-33-23)30-28(32-29)20-9-11-24-26(15-20)36-40-38-34-24/h1-28H;2*1-15H. The van der Waals surface area contributed by atoms with Gasteiger partial charge in [0.1, 0.15) is 44.1 Å². The predicted octanol–water partition coefficient (Wildman–Crippen LogP) is 21.0. The summed E-state index contributed by atoms with van der Waals surface area (Å²) >= 11 is 0. The average molecular weight is 1670 g/mol. The zero-order valence-corrected chi connectivity index (χ0v) is 68.1. The molecule has 0 unspecified atom stereocenters. The van der Waals surface area contributed by atoms with Crippen molar-refractivity contribution >= 4 is 141 Å². The summed E-state index contributed by atoms with van der Waals surface area (Å²) in [6.45, 7) is 0. The number of nitrogens with zero attached hydrogens (tertiary/aromatic N) is 26. The van der Waals surface area contributed by atoms with Crippen molar-refractivity contribution in [3.8, 4) is 114 Å². The van der Waals surface area contributed by atoms with E-state index in [1.165, 1.54) is 43.1 Å². The highest BCUT2D eigenvalue weighted by atomic mass is 15.4. The molecule has 130 heavy (non-hydrogen) atoms. The van der Waals surface area contributed by atoms with Gasteiger partial charge in [0, 0.05) is 67.9 Å². The van der Waals surface area contributed by atoms with Gasteiger partial charge in [0.05, 0.1) is 0 Å². The van der Waals surface area contributed by atoms with E-state index in [-0.39, 0.29) is 0 Å². The molecule has 26 aromatic rings. The van der Waals surface area contributed by atoms with Crippen LogP contribution in [0.1, 0.15) is 0 Å². The first-order valence-electron chi connectivity index (χ1n) is 41.6. The fourth-order valence-corrected chi connectivity index (χ4v) is 16.8. The largest absolute Gasteiger partial charge is 0.264 e. The molecule has 26 heteroatoms. The summed E-state index contributed by atoms with van der Waals surface area (Å²) in [6, 6.07) is 116. The van der Waals surface area contributed by atoms with Crippen molar-refractivity contribution < 1.29 is 0 Å². The Morgan fingerprint density at radius 1 is 0.146 bits per heavy atom. The van der Waals surface area contributed by atoms with Crippen LogP contribution in [0.4, 0.5) is 0 Å². The van der Waals surface area contributed by atoms with Gasteiger partial charge >= 0.3 is 0 Å². The van der Waals surface area contributed by atoms with E-state index in [0.29, 0.717) is 96.6 Å². The molecule has 0 N–H and O–H groups in total. The van der Waals surface area contributed by atoms with E-state index in [1.54, 1.807) is 0 Å². The fraction of sp³-hybridized carbons (Fsp3) is 0. The minimum absolute atomic E-state index is 0.483. The van der Waals surface area contributed by atoms with Gasteiger partial charge in [-0.25, -0.2) is 44.9 Å². The summed E-state index contributed by atoms with van der Waals surface area (Å²) in [5.41, 5.74) is 14.8. The normalized spacial score (nSPS) is 11.5. The lowest BCUT2D eigenvalue weighted by Gasteiger charge is -2.13. The molecular weight excluding hydrogens is 1610 g/mol. The zero-order chi connectivity index (χ0) is 86.0. The number of pyridine rings is 1. The Kier molecular flexibility index (Phi) is 18.4. The van der Waals surface area contributed by atoms with Crippen molar-refractivity contribution in [1.29, 1.82) is 0 Å². The minimum Gasteiger partial charge on any atom is -0.264 e. The highest BCUT2D eigenvalue weighted by Gasteiger charge is 2.23. The Bertz CT molecular complexity index is 8680. The third-order valence-electron chi connectivity index (χ3n) is 23.2. The van der Waals surface area contributed by atoms with E-state index in [0.717, 1.165) is 115 Å². The topological polar surface area (TPSA) is 335 Å². The van der Waals surface area contributed by atoms with Crippen LogP contribution in [0.25, 0.3) is 255 Å². The molecule has 0 saturated carbocycles. The number of rotatable bonds is 10. The molecule has 0 bridgehead atoms. The van der Waals surface area contributed by atoms with Gasteiger partial charge in [-0.2, -0.15) is 0 Å². The molecule has 0 aliphatic rings. The van der Waals surface area contributed by atoms with Crippen LogP contribution in [-0.4, -0.2) is 132 Å². The molecule has 0 aliphatic heterocycles. The first kappa shape index (κ1) is 75.1. The van der Waals surface area contributed by atoms with Gasteiger partial charge in [0.2, 0.25) is 0 Å². The Hall–Kier alpha value is -18.7. The SMILES string of the molecule is c1ccc2c(-c3nc(-c4ccc5nnnnc5c4)nc(-c4ccc5nnnnc5c4)n3)c3ccccc3cc2c1.c1ccc2cc3c(-c4nc(-c5ccc6nnnnc6c5)nc(-c5ccc6nnnnc6c5)n4)cccc3cc2c1.c1ccc2cc3cc(-c4nc(-c5ccc(-c6ccc7cnccc7c6)cc5)nc(-c5ccc6cc7ccccc7cc6c5)n4)ccc3cc2c1.